The number of hydrogen-bond acceptors (Lipinski definition) is 3. The molecule has 0 fully saturated rings. The predicted octanol–water partition coefficient (Wildman–Crippen LogP) is 4.37. The van der Waals surface area contributed by atoms with Crippen LogP contribution in [0.3, 0.4) is 0 Å². The normalized spacial score (nSPS) is 12.1. The topological polar surface area (TPSA) is 42.4 Å². The van der Waals surface area contributed by atoms with Crippen molar-refractivity contribution in [3.8, 4) is 17.0 Å². The van der Waals surface area contributed by atoms with Crippen LogP contribution in [0, 0.1) is 0 Å². The van der Waals surface area contributed by atoms with E-state index < -0.39 is 0 Å². The fourth-order valence-electron chi connectivity index (χ4n) is 2.08. The summed E-state index contributed by atoms with van der Waals surface area (Å²) in [5.41, 5.74) is 2.90. The zero-order chi connectivity index (χ0) is 15.1. The molecule has 0 saturated heterocycles. The van der Waals surface area contributed by atoms with Crippen molar-refractivity contribution in [1.29, 1.82) is 0 Å². The minimum Gasteiger partial charge on any atom is -0.492 e. The second-order valence-corrected chi connectivity index (χ2v) is 5.13. The minimum atomic E-state index is -0.388. The minimum absolute atomic E-state index is 0.388. The van der Waals surface area contributed by atoms with E-state index in [2.05, 4.69) is 11.9 Å². The van der Waals surface area contributed by atoms with Gasteiger partial charge in [0.15, 0.2) is 0 Å². The number of rotatable bonds is 7. The lowest BCUT2D eigenvalue weighted by atomic mass is 10.0. The van der Waals surface area contributed by atoms with Gasteiger partial charge in [0.1, 0.15) is 5.75 Å². The Bertz CT molecular complexity index is 534. The fraction of sp³-hybridized carbons (Fsp3) is 0.389. The Morgan fingerprint density at radius 3 is 2.43 bits per heavy atom. The summed E-state index contributed by atoms with van der Waals surface area (Å²) >= 11 is 0. The predicted molar refractivity (Wildman–Crippen MR) is 85.3 cm³/mol. The summed E-state index contributed by atoms with van der Waals surface area (Å²) in [6, 6.07) is 11.8. The van der Waals surface area contributed by atoms with Crippen molar-refractivity contribution in [2.75, 3.05) is 6.61 Å². The second-order valence-electron chi connectivity index (χ2n) is 5.13. The van der Waals surface area contributed by atoms with E-state index >= 15 is 0 Å². The van der Waals surface area contributed by atoms with E-state index in [0.717, 1.165) is 48.4 Å². The lowest BCUT2D eigenvalue weighted by molar-refractivity contribution is 0.173. The van der Waals surface area contributed by atoms with Gasteiger partial charge >= 0.3 is 0 Å². The Balaban J connectivity index is 2.04. The number of unbranched alkanes of at least 4 members (excludes halogenated alkanes) is 1. The molecule has 0 aliphatic rings. The van der Waals surface area contributed by atoms with E-state index in [1.54, 1.807) is 6.20 Å². The van der Waals surface area contributed by atoms with Gasteiger partial charge in [0, 0.05) is 5.56 Å². The maximum Gasteiger partial charge on any atom is 0.137 e. The molecule has 0 aliphatic heterocycles. The number of ether oxygens (including phenoxy) is 1. The third-order valence-corrected chi connectivity index (χ3v) is 3.48. The van der Waals surface area contributed by atoms with Crippen molar-refractivity contribution < 1.29 is 9.84 Å². The number of aromatic nitrogens is 1. The van der Waals surface area contributed by atoms with Crippen LogP contribution in [0.15, 0.2) is 42.6 Å². The second kappa shape index (κ2) is 7.79. The Morgan fingerprint density at radius 1 is 1.10 bits per heavy atom. The van der Waals surface area contributed by atoms with Crippen molar-refractivity contribution >= 4 is 0 Å². The van der Waals surface area contributed by atoms with Crippen LogP contribution in [0.1, 0.15) is 44.8 Å². The van der Waals surface area contributed by atoms with Gasteiger partial charge in [-0.3, -0.25) is 4.98 Å². The zero-order valence-electron chi connectivity index (χ0n) is 12.7. The summed E-state index contributed by atoms with van der Waals surface area (Å²) in [7, 11) is 0. The molecule has 2 rings (SSSR count). The van der Waals surface area contributed by atoms with Gasteiger partial charge < -0.3 is 9.84 Å². The van der Waals surface area contributed by atoms with Gasteiger partial charge in [0.05, 0.1) is 24.6 Å². The van der Waals surface area contributed by atoms with E-state index in [9.17, 15) is 5.11 Å². The molecule has 1 aromatic carbocycles. The van der Waals surface area contributed by atoms with E-state index in [-0.39, 0.29) is 6.10 Å². The maximum absolute atomic E-state index is 9.80. The molecular formula is C18H23NO2. The van der Waals surface area contributed by atoms with E-state index in [1.165, 1.54) is 0 Å². The van der Waals surface area contributed by atoms with Crippen LogP contribution in [0.4, 0.5) is 0 Å². The van der Waals surface area contributed by atoms with Gasteiger partial charge in [0.25, 0.3) is 0 Å². The van der Waals surface area contributed by atoms with Gasteiger partial charge in [-0.2, -0.15) is 0 Å². The number of benzene rings is 1. The SMILES string of the molecule is CCCCOc1ccc(-c2ccc(C(O)CC)cc2)nc1. The van der Waals surface area contributed by atoms with Crippen LogP contribution >= 0.6 is 0 Å². The van der Waals surface area contributed by atoms with Crippen LogP contribution in [-0.4, -0.2) is 16.7 Å². The Hall–Kier alpha value is -1.87. The molecule has 21 heavy (non-hydrogen) atoms. The Kier molecular flexibility index (Phi) is 5.76. The van der Waals surface area contributed by atoms with E-state index in [0.29, 0.717) is 0 Å². The lowest BCUT2D eigenvalue weighted by Crippen LogP contribution is -1.97. The van der Waals surface area contributed by atoms with E-state index in [4.69, 9.17) is 4.74 Å². The quantitative estimate of drug-likeness (QED) is 0.768. The molecule has 2 aromatic rings. The summed E-state index contributed by atoms with van der Waals surface area (Å²) in [6.07, 6.45) is 4.28. The zero-order valence-corrected chi connectivity index (χ0v) is 12.7. The third kappa shape index (κ3) is 4.30. The summed E-state index contributed by atoms with van der Waals surface area (Å²) < 4.78 is 5.61. The first-order valence-corrected chi connectivity index (χ1v) is 7.61. The fourth-order valence-corrected chi connectivity index (χ4v) is 2.08. The summed E-state index contributed by atoms with van der Waals surface area (Å²) in [5, 5.41) is 9.80. The molecule has 3 nitrogen and oxygen atoms in total. The molecule has 0 saturated carbocycles. The molecule has 1 atom stereocenters. The molecule has 1 N–H and O–H groups in total. The van der Waals surface area contributed by atoms with Crippen molar-refractivity contribution in [2.45, 2.75) is 39.2 Å². The van der Waals surface area contributed by atoms with Crippen LogP contribution in [0.2, 0.25) is 0 Å². The molecule has 0 bridgehead atoms. The first-order chi connectivity index (χ1) is 10.2. The van der Waals surface area contributed by atoms with Crippen molar-refractivity contribution in [3.63, 3.8) is 0 Å². The largest absolute Gasteiger partial charge is 0.492 e. The number of hydrogen-bond donors (Lipinski definition) is 1. The molecule has 0 aliphatic carbocycles. The van der Waals surface area contributed by atoms with Gasteiger partial charge in [0.2, 0.25) is 0 Å². The number of aliphatic hydroxyl groups excluding tert-OH is 1. The molecule has 1 heterocycles. The molecule has 0 radical (unpaired) electrons. The first-order valence-electron chi connectivity index (χ1n) is 7.61. The van der Waals surface area contributed by atoms with Gasteiger partial charge in [-0.05, 0) is 30.5 Å². The molecule has 0 spiro atoms. The lowest BCUT2D eigenvalue weighted by Gasteiger charge is -2.09. The van der Waals surface area contributed by atoms with E-state index in [1.807, 2.05) is 43.3 Å². The Labute approximate surface area is 126 Å². The van der Waals surface area contributed by atoms with Gasteiger partial charge in [-0.1, -0.05) is 44.5 Å². The average molecular weight is 285 g/mol. The van der Waals surface area contributed by atoms with Crippen molar-refractivity contribution in [2.24, 2.45) is 0 Å². The molecule has 1 unspecified atom stereocenters. The first kappa shape index (κ1) is 15.5. The molecular weight excluding hydrogens is 262 g/mol. The third-order valence-electron chi connectivity index (χ3n) is 3.48. The number of pyridine rings is 1. The summed E-state index contributed by atoms with van der Waals surface area (Å²) in [5.74, 6) is 0.810. The maximum atomic E-state index is 9.80. The molecule has 1 aromatic heterocycles. The Morgan fingerprint density at radius 2 is 1.86 bits per heavy atom. The highest BCUT2D eigenvalue weighted by molar-refractivity contribution is 5.59. The smallest absolute Gasteiger partial charge is 0.137 e. The standard InChI is InChI=1S/C18H23NO2/c1-3-5-12-21-16-10-11-17(19-13-16)14-6-8-15(9-7-14)18(20)4-2/h6-11,13,18,20H,3-5,12H2,1-2H3. The average Bonchev–Trinajstić information content (AvgIpc) is 2.55. The molecule has 3 heteroatoms. The molecule has 112 valence electrons. The van der Waals surface area contributed by atoms with Gasteiger partial charge in [-0.15, -0.1) is 0 Å². The summed E-state index contributed by atoms with van der Waals surface area (Å²) in [6.45, 7) is 4.85. The molecule has 0 amide bonds. The number of aliphatic hydroxyl groups is 1. The summed E-state index contributed by atoms with van der Waals surface area (Å²) in [4.78, 5) is 4.43. The highest BCUT2D eigenvalue weighted by Crippen LogP contribution is 2.23. The van der Waals surface area contributed by atoms with Gasteiger partial charge in [-0.25, -0.2) is 0 Å². The van der Waals surface area contributed by atoms with Crippen molar-refractivity contribution in [3.05, 3.63) is 48.2 Å². The van der Waals surface area contributed by atoms with Crippen LogP contribution in [-0.2, 0) is 0 Å². The monoisotopic (exact) mass is 285 g/mol. The van der Waals surface area contributed by atoms with Crippen LogP contribution < -0.4 is 4.74 Å². The number of nitrogens with zero attached hydrogens (tertiary/aromatic N) is 1. The van der Waals surface area contributed by atoms with Crippen molar-refractivity contribution in [1.82, 2.24) is 4.98 Å². The van der Waals surface area contributed by atoms with Crippen LogP contribution in [0.5, 0.6) is 5.75 Å². The van der Waals surface area contributed by atoms with Crippen LogP contribution in [0.25, 0.3) is 11.3 Å². The highest BCUT2D eigenvalue weighted by atomic mass is 16.5. The highest BCUT2D eigenvalue weighted by Gasteiger charge is 2.05.